The van der Waals surface area contributed by atoms with Gasteiger partial charge in [-0.25, -0.2) is 9.98 Å². The summed E-state index contributed by atoms with van der Waals surface area (Å²) < 4.78 is 37.5. The van der Waals surface area contributed by atoms with E-state index in [-0.39, 0.29) is 24.0 Å². The van der Waals surface area contributed by atoms with Crippen molar-refractivity contribution < 1.29 is 13.2 Å². The summed E-state index contributed by atoms with van der Waals surface area (Å²) in [5.74, 6) is 0.633. The minimum atomic E-state index is -4.38. The molecule has 0 saturated carbocycles. The van der Waals surface area contributed by atoms with Crippen LogP contribution in [0.4, 0.5) is 13.2 Å². The molecule has 2 N–H and O–H groups in total. The predicted octanol–water partition coefficient (Wildman–Crippen LogP) is 4.08. The molecule has 0 radical (unpaired) electrons. The molecule has 2 rings (SSSR count). The highest BCUT2D eigenvalue weighted by Crippen LogP contribution is 2.29. The molecular weight excluding hydrogens is 464 g/mol. The van der Waals surface area contributed by atoms with Gasteiger partial charge in [-0.15, -0.1) is 35.3 Å². The number of halogens is 4. The van der Waals surface area contributed by atoms with Gasteiger partial charge in [-0.3, -0.25) is 0 Å². The summed E-state index contributed by atoms with van der Waals surface area (Å²) in [6.45, 7) is 3.66. The van der Waals surface area contributed by atoms with Crippen molar-refractivity contribution in [3.8, 4) is 0 Å². The molecule has 1 heterocycles. The quantitative estimate of drug-likeness (QED) is 0.369. The Bertz CT molecular complexity index is 659. The molecule has 0 spiro atoms. The number of benzene rings is 1. The van der Waals surface area contributed by atoms with Crippen LogP contribution >= 0.6 is 35.3 Å². The highest BCUT2D eigenvalue weighted by atomic mass is 127. The van der Waals surface area contributed by atoms with Crippen LogP contribution in [0.3, 0.4) is 0 Å². The lowest BCUT2D eigenvalue weighted by Gasteiger charge is -2.10. The lowest BCUT2D eigenvalue weighted by Crippen LogP contribution is -2.38. The molecule has 9 heteroatoms. The third kappa shape index (κ3) is 7.59. The van der Waals surface area contributed by atoms with E-state index < -0.39 is 11.9 Å². The third-order valence-electron chi connectivity index (χ3n) is 3.08. The van der Waals surface area contributed by atoms with E-state index in [0.717, 1.165) is 22.3 Å². The van der Waals surface area contributed by atoms with Gasteiger partial charge in [-0.05, 0) is 12.5 Å². The maximum absolute atomic E-state index is 12.5. The van der Waals surface area contributed by atoms with E-state index in [1.165, 1.54) is 0 Å². The smallest absolute Gasteiger partial charge is 0.357 e. The summed E-state index contributed by atoms with van der Waals surface area (Å²) in [5, 5.41) is 7.72. The fraction of sp³-hybridized carbons (Fsp3) is 0.375. The van der Waals surface area contributed by atoms with E-state index >= 15 is 0 Å². The number of guanidine groups is 1. The van der Waals surface area contributed by atoms with Gasteiger partial charge >= 0.3 is 6.18 Å². The van der Waals surface area contributed by atoms with Gasteiger partial charge in [0.25, 0.3) is 0 Å². The number of aromatic nitrogens is 1. The van der Waals surface area contributed by atoms with Crippen molar-refractivity contribution in [2.24, 2.45) is 4.99 Å². The topological polar surface area (TPSA) is 49.3 Å². The minimum absolute atomic E-state index is 0. The van der Waals surface area contributed by atoms with Gasteiger partial charge in [-0.1, -0.05) is 30.3 Å². The van der Waals surface area contributed by atoms with E-state index in [4.69, 9.17) is 0 Å². The van der Waals surface area contributed by atoms with Crippen LogP contribution in [0, 0.1) is 0 Å². The first-order chi connectivity index (χ1) is 11.5. The van der Waals surface area contributed by atoms with Crippen molar-refractivity contribution in [1.29, 1.82) is 0 Å². The Balaban J connectivity index is 0.00000312. The average Bonchev–Trinajstić information content (AvgIpc) is 3.03. The van der Waals surface area contributed by atoms with Crippen LogP contribution in [-0.2, 0) is 19.1 Å². The van der Waals surface area contributed by atoms with Crippen LogP contribution in [0.1, 0.15) is 23.2 Å². The molecule has 0 bridgehead atoms. The van der Waals surface area contributed by atoms with Gasteiger partial charge in [0.15, 0.2) is 11.7 Å². The van der Waals surface area contributed by atoms with Crippen molar-refractivity contribution in [2.45, 2.75) is 26.1 Å². The summed E-state index contributed by atoms with van der Waals surface area (Å²) in [6, 6.07) is 9.82. The lowest BCUT2D eigenvalue weighted by molar-refractivity contribution is -0.140. The molecule has 138 valence electrons. The minimum Gasteiger partial charge on any atom is -0.357 e. The first kappa shape index (κ1) is 21.7. The fourth-order valence-corrected chi connectivity index (χ4v) is 2.74. The standard InChI is InChI=1S/C16H19F3N4S.HI/c1-2-20-15(22-10-12-6-4-3-5-7-12)21-9-8-14-23-13(11-24-14)16(17,18)19;/h3-7,11H,2,8-10H2,1H3,(H2,20,21,22);1H. The Hall–Kier alpha value is -1.36. The number of hydrogen-bond donors (Lipinski definition) is 2. The van der Waals surface area contributed by atoms with Gasteiger partial charge in [0.05, 0.1) is 11.6 Å². The van der Waals surface area contributed by atoms with Gasteiger partial charge in [0.1, 0.15) is 0 Å². The zero-order valence-corrected chi connectivity index (χ0v) is 16.8. The Morgan fingerprint density at radius 3 is 2.52 bits per heavy atom. The molecule has 0 aliphatic heterocycles. The Morgan fingerprint density at radius 1 is 1.20 bits per heavy atom. The molecule has 0 amide bonds. The van der Waals surface area contributed by atoms with E-state index in [1.54, 1.807) is 0 Å². The van der Waals surface area contributed by atoms with Crippen LogP contribution in [0.2, 0.25) is 0 Å². The number of alkyl halides is 3. The number of hydrogen-bond acceptors (Lipinski definition) is 3. The Kier molecular flexibility index (Phi) is 9.19. The van der Waals surface area contributed by atoms with Crippen LogP contribution in [-0.4, -0.2) is 24.0 Å². The van der Waals surface area contributed by atoms with Gasteiger partial charge in [0, 0.05) is 24.9 Å². The van der Waals surface area contributed by atoms with Crippen LogP contribution in [0.15, 0.2) is 40.7 Å². The van der Waals surface area contributed by atoms with Crippen molar-refractivity contribution in [3.63, 3.8) is 0 Å². The number of aliphatic imine (C=N–C) groups is 1. The molecule has 0 aliphatic rings. The van der Waals surface area contributed by atoms with Crippen LogP contribution in [0.5, 0.6) is 0 Å². The number of nitrogens with one attached hydrogen (secondary N) is 2. The fourth-order valence-electron chi connectivity index (χ4n) is 1.94. The second-order valence-electron chi connectivity index (χ2n) is 4.98. The predicted molar refractivity (Wildman–Crippen MR) is 105 cm³/mol. The second-order valence-corrected chi connectivity index (χ2v) is 5.92. The van der Waals surface area contributed by atoms with Crippen LogP contribution in [0.25, 0.3) is 0 Å². The van der Waals surface area contributed by atoms with E-state index in [0.29, 0.717) is 37.0 Å². The van der Waals surface area contributed by atoms with E-state index in [1.807, 2.05) is 37.3 Å². The highest BCUT2D eigenvalue weighted by molar-refractivity contribution is 14.0. The third-order valence-corrected chi connectivity index (χ3v) is 3.99. The normalized spacial score (nSPS) is 11.8. The summed E-state index contributed by atoms with van der Waals surface area (Å²) in [7, 11) is 0. The average molecular weight is 484 g/mol. The highest BCUT2D eigenvalue weighted by Gasteiger charge is 2.33. The zero-order valence-electron chi connectivity index (χ0n) is 13.6. The van der Waals surface area contributed by atoms with Gasteiger partial charge in [0.2, 0.25) is 0 Å². The first-order valence-electron chi connectivity index (χ1n) is 7.56. The molecule has 1 aromatic heterocycles. The molecule has 25 heavy (non-hydrogen) atoms. The summed E-state index contributed by atoms with van der Waals surface area (Å²) >= 11 is 1.02. The maximum Gasteiger partial charge on any atom is 0.434 e. The van der Waals surface area contributed by atoms with Gasteiger partial charge in [-0.2, -0.15) is 13.2 Å². The number of nitrogens with zero attached hydrogens (tertiary/aromatic N) is 2. The summed E-state index contributed by atoms with van der Waals surface area (Å²) in [4.78, 5) is 8.07. The van der Waals surface area contributed by atoms with Crippen molar-refractivity contribution >= 4 is 41.3 Å². The van der Waals surface area contributed by atoms with Crippen LogP contribution < -0.4 is 10.6 Å². The molecule has 0 fully saturated rings. The molecular formula is C16H20F3IN4S. The maximum atomic E-state index is 12.5. The molecule has 4 nitrogen and oxygen atoms in total. The Morgan fingerprint density at radius 2 is 1.92 bits per heavy atom. The van der Waals surface area contributed by atoms with Crippen molar-refractivity contribution in [1.82, 2.24) is 15.6 Å². The molecule has 0 unspecified atom stereocenters. The molecule has 0 atom stereocenters. The SMILES string of the molecule is CCNC(=NCc1ccccc1)NCCc1nc(C(F)(F)F)cs1.I. The van der Waals surface area contributed by atoms with E-state index in [2.05, 4.69) is 20.6 Å². The molecule has 1 aromatic carbocycles. The summed E-state index contributed by atoms with van der Waals surface area (Å²) in [5.41, 5.74) is 0.261. The van der Waals surface area contributed by atoms with Crippen molar-refractivity contribution in [3.05, 3.63) is 52.0 Å². The zero-order chi connectivity index (χ0) is 17.4. The largest absolute Gasteiger partial charge is 0.434 e. The monoisotopic (exact) mass is 484 g/mol. The first-order valence-corrected chi connectivity index (χ1v) is 8.44. The summed E-state index contributed by atoms with van der Waals surface area (Å²) in [6.07, 6.45) is -3.97. The lowest BCUT2D eigenvalue weighted by atomic mass is 10.2. The number of thiazole rings is 1. The Labute approximate surface area is 166 Å². The van der Waals surface area contributed by atoms with E-state index in [9.17, 15) is 13.2 Å². The van der Waals surface area contributed by atoms with Gasteiger partial charge < -0.3 is 10.6 Å². The van der Waals surface area contributed by atoms with Crippen molar-refractivity contribution in [2.75, 3.05) is 13.1 Å². The number of rotatable bonds is 6. The molecule has 0 saturated heterocycles. The molecule has 0 aliphatic carbocycles. The second kappa shape index (κ2) is 10.6. The molecule has 2 aromatic rings.